The van der Waals surface area contributed by atoms with Gasteiger partial charge in [-0.25, -0.2) is 4.98 Å². The molecule has 1 saturated heterocycles. The van der Waals surface area contributed by atoms with Crippen LogP contribution in [0, 0.1) is 0 Å². The third-order valence-corrected chi connectivity index (χ3v) is 4.64. The normalized spacial score (nSPS) is 26.8. The van der Waals surface area contributed by atoms with Gasteiger partial charge in [-0.3, -0.25) is 0 Å². The van der Waals surface area contributed by atoms with Crippen molar-refractivity contribution in [3.8, 4) is 0 Å². The summed E-state index contributed by atoms with van der Waals surface area (Å²) in [5.41, 5.74) is 1.56. The van der Waals surface area contributed by atoms with Gasteiger partial charge in [-0.15, -0.1) is 0 Å². The number of para-hydroxylation sites is 2. The van der Waals surface area contributed by atoms with E-state index in [-0.39, 0.29) is 0 Å². The van der Waals surface area contributed by atoms with Gasteiger partial charge in [0.25, 0.3) is 0 Å². The maximum absolute atomic E-state index is 10.9. The Kier molecular flexibility index (Phi) is 3.76. The van der Waals surface area contributed by atoms with Crippen LogP contribution in [0.4, 0.5) is 0 Å². The second-order valence-electron chi connectivity index (χ2n) is 6.54. The maximum atomic E-state index is 10.9. The number of imidazole rings is 1. The van der Waals surface area contributed by atoms with Gasteiger partial charge in [0.1, 0.15) is 5.82 Å². The number of fused-ring (bicyclic) bond motifs is 1. The monoisotopic (exact) mass is 287 g/mol. The van der Waals surface area contributed by atoms with Gasteiger partial charge < -0.3 is 14.6 Å². The standard InChI is InChI=1S/C17H25N3O/c1-4-9-20-15-8-6-5-7-14(15)18-16(20)11-17(21)10-13(2)19(3)12-17/h5-8,13,21H,4,9-12H2,1-3H3. The van der Waals surface area contributed by atoms with E-state index in [0.29, 0.717) is 12.5 Å². The number of hydrogen-bond donors (Lipinski definition) is 1. The molecule has 0 bridgehead atoms. The summed E-state index contributed by atoms with van der Waals surface area (Å²) in [5, 5.41) is 10.9. The molecular weight excluding hydrogens is 262 g/mol. The van der Waals surface area contributed by atoms with E-state index in [1.54, 1.807) is 0 Å². The largest absolute Gasteiger partial charge is 0.388 e. The Morgan fingerprint density at radius 3 is 2.81 bits per heavy atom. The van der Waals surface area contributed by atoms with Crippen molar-refractivity contribution >= 4 is 11.0 Å². The van der Waals surface area contributed by atoms with E-state index in [9.17, 15) is 5.11 Å². The highest BCUT2D eigenvalue weighted by atomic mass is 16.3. The molecule has 0 radical (unpaired) electrons. The van der Waals surface area contributed by atoms with Crippen molar-refractivity contribution in [2.45, 2.75) is 51.3 Å². The van der Waals surface area contributed by atoms with E-state index in [1.165, 1.54) is 5.52 Å². The molecule has 2 heterocycles. The number of hydrogen-bond acceptors (Lipinski definition) is 3. The van der Waals surface area contributed by atoms with Gasteiger partial charge in [-0.05, 0) is 38.9 Å². The molecular formula is C17H25N3O. The van der Waals surface area contributed by atoms with E-state index in [2.05, 4.69) is 48.6 Å². The minimum atomic E-state index is -0.652. The fourth-order valence-electron chi connectivity index (χ4n) is 3.55. The Hall–Kier alpha value is -1.39. The first-order valence-electron chi connectivity index (χ1n) is 7.89. The third-order valence-electron chi connectivity index (χ3n) is 4.64. The molecule has 2 atom stereocenters. The Labute approximate surface area is 126 Å². The van der Waals surface area contributed by atoms with Gasteiger partial charge in [-0.1, -0.05) is 19.1 Å². The first-order chi connectivity index (χ1) is 10.0. The first kappa shape index (κ1) is 14.5. The SMILES string of the molecule is CCCn1c(CC2(O)CC(C)N(C)C2)nc2ccccc21. The zero-order chi connectivity index (χ0) is 15.0. The summed E-state index contributed by atoms with van der Waals surface area (Å²) in [4.78, 5) is 7.00. The number of aromatic nitrogens is 2. The van der Waals surface area contributed by atoms with Crippen LogP contribution in [-0.2, 0) is 13.0 Å². The molecule has 0 aliphatic carbocycles. The topological polar surface area (TPSA) is 41.3 Å². The Morgan fingerprint density at radius 1 is 1.38 bits per heavy atom. The average Bonchev–Trinajstić information content (AvgIpc) is 2.89. The molecule has 114 valence electrons. The van der Waals surface area contributed by atoms with Gasteiger partial charge in [0.15, 0.2) is 0 Å². The van der Waals surface area contributed by atoms with Crippen molar-refractivity contribution in [1.82, 2.24) is 14.5 Å². The Morgan fingerprint density at radius 2 is 2.14 bits per heavy atom. The third kappa shape index (κ3) is 2.70. The smallest absolute Gasteiger partial charge is 0.112 e. The lowest BCUT2D eigenvalue weighted by Gasteiger charge is -2.22. The number of β-amino-alcohol motifs (C(OH)–C–C–N with tert-alkyl or cyclic N) is 1. The molecule has 3 rings (SSSR count). The molecule has 0 saturated carbocycles. The number of nitrogens with zero attached hydrogens (tertiary/aromatic N) is 3. The summed E-state index contributed by atoms with van der Waals surface area (Å²) < 4.78 is 2.27. The molecule has 4 nitrogen and oxygen atoms in total. The fraction of sp³-hybridized carbons (Fsp3) is 0.588. The van der Waals surface area contributed by atoms with Crippen LogP contribution >= 0.6 is 0 Å². The van der Waals surface area contributed by atoms with Crippen molar-refractivity contribution in [2.24, 2.45) is 0 Å². The van der Waals surface area contributed by atoms with Gasteiger partial charge in [0.2, 0.25) is 0 Å². The Bertz CT molecular complexity index is 624. The number of likely N-dealkylation sites (N-methyl/N-ethyl adjacent to an activating group) is 1. The highest BCUT2D eigenvalue weighted by molar-refractivity contribution is 5.75. The van der Waals surface area contributed by atoms with Crippen LogP contribution in [0.5, 0.6) is 0 Å². The van der Waals surface area contributed by atoms with Crippen LogP contribution in [0.15, 0.2) is 24.3 Å². The predicted molar refractivity (Wildman–Crippen MR) is 85.4 cm³/mol. The molecule has 1 aliphatic rings. The summed E-state index contributed by atoms with van der Waals surface area (Å²) in [5.74, 6) is 1.02. The molecule has 4 heteroatoms. The van der Waals surface area contributed by atoms with Gasteiger partial charge in [-0.2, -0.15) is 0 Å². The molecule has 1 fully saturated rings. The summed E-state index contributed by atoms with van der Waals surface area (Å²) >= 11 is 0. The quantitative estimate of drug-likeness (QED) is 0.939. The molecule has 1 N–H and O–H groups in total. The molecule has 0 spiro atoms. The summed E-state index contributed by atoms with van der Waals surface area (Å²) in [6.45, 7) is 6.03. The van der Waals surface area contributed by atoms with Crippen molar-refractivity contribution in [1.29, 1.82) is 0 Å². The fourth-order valence-corrected chi connectivity index (χ4v) is 3.55. The van der Waals surface area contributed by atoms with Crippen molar-refractivity contribution in [3.05, 3.63) is 30.1 Å². The molecule has 2 aromatic rings. The second kappa shape index (κ2) is 5.43. The zero-order valence-electron chi connectivity index (χ0n) is 13.2. The Balaban J connectivity index is 1.95. The molecule has 2 unspecified atom stereocenters. The van der Waals surface area contributed by atoms with Gasteiger partial charge in [0.05, 0.1) is 16.6 Å². The summed E-state index contributed by atoms with van der Waals surface area (Å²) in [6.07, 6.45) is 2.53. The molecule has 1 aromatic heterocycles. The predicted octanol–water partition coefficient (Wildman–Crippen LogP) is 2.44. The summed E-state index contributed by atoms with van der Waals surface area (Å²) in [6, 6.07) is 8.68. The average molecular weight is 287 g/mol. The lowest BCUT2D eigenvalue weighted by Crippen LogP contribution is -2.35. The van der Waals surface area contributed by atoms with Gasteiger partial charge >= 0.3 is 0 Å². The number of aliphatic hydroxyl groups is 1. The van der Waals surface area contributed by atoms with Crippen molar-refractivity contribution < 1.29 is 5.11 Å². The lowest BCUT2D eigenvalue weighted by molar-refractivity contribution is 0.0493. The first-order valence-corrected chi connectivity index (χ1v) is 7.89. The second-order valence-corrected chi connectivity index (χ2v) is 6.54. The molecule has 1 aromatic carbocycles. The lowest BCUT2D eigenvalue weighted by atomic mass is 9.96. The van der Waals surface area contributed by atoms with Crippen LogP contribution in [0.1, 0.15) is 32.5 Å². The van der Waals surface area contributed by atoms with Crippen molar-refractivity contribution in [3.63, 3.8) is 0 Å². The van der Waals surface area contributed by atoms with E-state index >= 15 is 0 Å². The minimum Gasteiger partial charge on any atom is -0.388 e. The van der Waals surface area contributed by atoms with Crippen LogP contribution < -0.4 is 0 Å². The van der Waals surface area contributed by atoms with Crippen LogP contribution in [0.3, 0.4) is 0 Å². The number of benzene rings is 1. The highest BCUT2D eigenvalue weighted by Crippen LogP contribution is 2.30. The van der Waals surface area contributed by atoms with E-state index in [4.69, 9.17) is 4.98 Å². The van der Waals surface area contributed by atoms with Crippen LogP contribution in [-0.4, -0.2) is 44.8 Å². The van der Waals surface area contributed by atoms with Crippen molar-refractivity contribution in [2.75, 3.05) is 13.6 Å². The summed E-state index contributed by atoms with van der Waals surface area (Å²) in [7, 11) is 2.08. The number of likely N-dealkylation sites (tertiary alicyclic amines) is 1. The van der Waals surface area contributed by atoms with E-state index < -0.39 is 5.60 Å². The van der Waals surface area contributed by atoms with Crippen LogP contribution in [0.25, 0.3) is 11.0 Å². The van der Waals surface area contributed by atoms with E-state index in [0.717, 1.165) is 37.3 Å². The highest BCUT2D eigenvalue weighted by Gasteiger charge is 2.40. The maximum Gasteiger partial charge on any atom is 0.112 e. The molecule has 21 heavy (non-hydrogen) atoms. The van der Waals surface area contributed by atoms with Crippen LogP contribution in [0.2, 0.25) is 0 Å². The number of aryl methyl sites for hydroxylation is 1. The molecule has 0 amide bonds. The zero-order valence-corrected chi connectivity index (χ0v) is 13.2. The van der Waals surface area contributed by atoms with Gasteiger partial charge in [0, 0.05) is 25.6 Å². The van der Waals surface area contributed by atoms with E-state index in [1.807, 2.05) is 6.07 Å². The number of rotatable bonds is 4. The molecule has 1 aliphatic heterocycles. The minimum absolute atomic E-state index is 0.430.